The standard InChI is InChI=1S/C12H6ClF3N2S/c13-10-3-8(12(14,15)16)5-18-11(10)9(4-17)7-1-2-19-6-7/h1-3,5-6,9H/t9-/m1/s1. The van der Waals surface area contributed by atoms with E-state index in [2.05, 4.69) is 4.98 Å². The molecule has 0 spiro atoms. The lowest BCUT2D eigenvalue weighted by atomic mass is 9.99. The third kappa shape index (κ3) is 2.88. The molecule has 98 valence electrons. The average Bonchev–Trinajstić information content (AvgIpc) is 2.84. The van der Waals surface area contributed by atoms with E-state index >= 15 is 0 Å². The monoisotopic (exact) mass is 302 g/mol. The van der Waals surface area contributed by atoms with E-state index in [0.717, 1.165) is 6.07 Å². The third-order valence-electron chi connectivity index (χ3n) is 2.48. The third-order valence-corrected chi connectivity index (χ3v) is 3.48. The van der Waals surface area contributed by atoms with Crippen molar-refractivity contribution in [3.8, 4) is 6.07 Å². The van der Waals surface area contributed by atoms with Crippen LogP contribution in [0.1, 0.15) is 22.7 Å². The summed E-state index contributed by atoms with van der Waals surface area (Å²) in [4.78, 5) is 3.70. The minimum absolute atomic E-state index is 0.135. The topological polar surface area (TPSA) is 36.7 Å². The van der Waals surface area contributed by atoms with E-state index < -0.39 is 17.7 Å². The number of nitriles is 1. The van der Waals surface area contributed by atoms with Crippen LogP contribution in [0.4, 0.5) is 13.2 Å². The summed E-state index contributed by atoms with van der Waals surface area (Å²) >= 11 is 7.20. The van der Waals surface area contributed by atoms with Gasteiger partial charge >= 0.3 is 6.18 Å². The molecule has 0 amide bonds. The summed E-state index contributed by atoms with van der Waals surface area (Å²) in [7, 11) is 0. The lowest BCUT2D eigenvalue weighted by Crippen LogP contribution is -2.08. The van der Waals surface area contributed by atoms with Gasteiger partial charge in [-0.05, 0) is 28.5 Å². The van der Waals surface area contributed by atoms with Crippen molar-refractivity contribution in [2.75, 3.05) is 0 Å². The van der Waals surface area contributed by atoms with E-state index in [-0.39, 0.29) is 10.7 Å². The van der Waals surface area contributed by atoms with Gasteiger partial charge in [-0.1, -0.05) is 11.6 Å². The second kappa shape index (κ2) is 5.19. The molecular formula is C12H6ClF3N2S. The Bertz CT molecular complexity index is 617. The maximum absolute atomic E-state index is 12.5. The predicted octanol–water partition coefficient (Wildman–Crippen LogP) is 4.47. The molecule has 2 aromatic rings. The van der Waals surface area contributed by atoms with Gasteiger partial charge in [0.05, 0.1) is 22.3 Å². The van der Waals surface area contributed by atoms with Gasteiger partial charge in [0.1, 0.15) is 5.92 Å². The molecule has 2 rings (SSSR count). The molecule has 2 nitrogen and oxygen atoms in total. The largest absolute Gasteiger partial charge is 0.417 e. The fourth-order valence-corrected chi connectivity index (χ4v) is 2.51. The van der Waals surface area contributed by atoms with Gasteiger partial charge in [-0.2, -0.15) is 29.8 Å². The Hall–Kier alpha value is -1.58. The molecule has 0 aliphatic heterocycles. The van der Waals surface area contributed by atoms with Gasteiger partial charge in [-0.3, -0.25) is 4.98 Å². The van der Waals surface area contributed by atoms with Crippen LogP contribution in [0, 0.1) is 11.3 Å². The lowest BCUT2D eigenvalue weighted by Gasteiger charge is -2.12. The van der Waals surface area contributed by atoms with Gasteiger partial charge in [0.2, 0.25) is 0 Å². The number of rotatable bonds is 2. The number of halogens is 4. The zero-order chi connectivity index (χ0) is 14.0. The van der Waals surface area contributed by atoms with E-state index in [0.29, 0.717) is 11.8 Å². The average molecular weight is 303 g/mol. The molecule has 19 heavy (non-hydrogen) atoms. The number of pyridine rings is 1. The van der Waals surface area contributed by atoms with Crippen LogP contribution in [0.5, 0.6) is 0 Å². The molecule has 0 aliphatic carbocycles. The second-order valence-corrected chi connectivity index (χ2v) is 4.89. The van der Waals surface area contributed by atoms with Crippen LogP contribution >= 0.6 is 22.9 Å². The fraction of sp³-hybridized carbons (Fsp3) is 0.167. The molecule has 0 radical (unpaired) electrons. The van der Waals surface area contributed by atoms with Crippen LogP contribution < -0.4 is 0 Å². The smallest absolute Gasteiger partial charge is 0.257 e. The normalized spacial score (nSPS) is 13.0. The maximum atomic E-state index is 12.5. The van der Waals surface area contributed by atoms with Gasteiger partial charge < -0.3 is 0 Å². The molecule has 1 atom stereocenters. The van der Waals surface area contributed by atoms with E-state index in [4.69, 9.17) is 16.9 Å². The molecule has 0 N–H and O–H groups in total. The van der Waals surface area contributed by atoms with E-state index in [9.17, 15) is 13.2 Å². The Labute approximate surface area is 116 Å². The van der Waals surface area contributed by atoms with Gasteiger partial charge in [-0.25, -0.2) is 0 Å². The first-order valence-electron chi connectivity index (χ1n) is 5.08. The molecule has 2 aromatic heterocycles. The summed E-state index contributed by atoms with van der Waals surface area (Å²) in [5.41, 5.74) is -0.125. The van der Waals surface area contributed by atoms with Crippen LogP contribution in [0.2, 0.25) is 5.02 Å². The number of alkyl halides is 3. The SMILES string of the molecule is N#C[C@H](c1ccsc1)c1ncc(C(F)(F)F)cc1Cl. The van der Waals surface area contributed by atoms with Crippen LogP contribution in [-0.4, -0.2) is 4.98 Å². The quantitative estimate of drug-likeness (QED) is 0.820. The molecule has 0 bridgehead atoms. The Kier molecular flexibility index (Phi) is 3.78. The highest BCUT2D eigenvalue weighted by Gasteiger charge is 2.32. The van der Waals surface area contributed by atoms with Crippen molar-refractivity contribution in [1.82, 2.24) is 4.98 Å². The van der Waals surface area contributed by atoms with Crippen molar-refractivity contribution < 1.29 is 13.2 Å². The Balaban J connectivity index is 2.44. The number of thiophene rings is 1. The lowest BCUT2D eigenvalue weighted by molar-refractivity contribution is -0.137. The van der Waals surface area contributed by atoms with Gasteiger partial charge in [0.25, 0.3) is 0 Å². The first-order chi connectivity index (χ1) is 8.93. The molecule has 0 fully saturated rings. The van der Waals surface area contributed by atoms with Gasteiger partial charge in [0, 0.05) is 6.20 Å². The van der Waals surface area contributed by atoms with Crippen molar-refractivity contribution in [3.63, 3.8) is 0 Å². The maximum Gasteiger partial charge on any atom is 0.417 e. The van der Waals surface area contributed by atoms with Gasteiger partial charge in [0.15, 0.2) is 0 Å². The molecule has 0 unspecified atom stereocenters. The minimum Gasteiger partial charge on any atom is -0.257 e. The molecule has 0 saturated carbocycles. The van der Waals surface area contributed by atoms with E-state index in [1.54, 1.807) is 16.8 Å². The number of hydrogen-bond donors (Lipinski definition) is 0. The molecule has 0 saturated heterocycles. The summed E-state index contributed by atoms with van der Waals surface area (Å²) < 4.78 is 37.5. The Morgan fingerprint density at radius 2 is 2.16 bits per heavy atom. The van der Waals surface area contributed by atoms with E-state index in [1.165, 1.54) is 11.3 Å². The number of hydrogen-bond acceptors (Lipinski definition) is 3. The summed E-state index contributed by atoms with van der Waals surface area (Å²) in [6, 6.07) is 4.51. The molecule has 7 heteroatoms. The first kappa shape index (κ1) is 13.8. The van der Waals surface area contributed by atoms with E-state index in [1.807, 2.05) is 6.07 Å². The van der Waals surface area contributed by atoms with Crippen molar-refractivity contribution in [2.45, 2.75) is 12.1 Å². The summed E-state index contributed by atoms with van der Waals surface area (Å²) in [5.74, 6) is -0.763. The summed E-state index contributed by atoms with van der Waals surface area (Å²) in [5, 5.41) is 12.5. The Morgan fingerprint density at radius 3 is 2.63 bits per heavy atom. The molecule has 0 aliphatic rings. The summed E-state index contributed by atoms with van der Waals surface area (Å²) in [6.07, 6.45) is -3.81. The van der Waals surface area contributed by atoms with Crippen molar-refractivity contribution in [3.05, 3.63) is 50.9 Å². The van der Waals surface area contributed by atoms with Crippen molar-refractivity contribution in [1.29, 1.82) is 5.26 Å². The molecule has 0 aromatic carbocycles. The highest BCUT2D eigenvalue weighted by Crippen LogP contribution is 2.34. The van der Waals surface area contributed by atoms with Crippen LogP contribution in [0.3, 0.4) is 0 Å². The fourth-order valence-electron chi connectivity index (χ4n) is 1.55. The van der Waals surface area contributed by atoms with Gasteiger partial charge in [-0.15, -0.1) is 0 Å². The van der Waals surface area contributed by atoms with Crippen LogP contribution in [0.15, 0.2) is 29.1 Å². The minimum atomic E-state index is -4.50. The summed E-state index contributed by atoms with van der Waals surface area (Å²) in [6.45, 7) is 0. The number of nitrogens with zero attached hydrogens (tertiary/aromatic N) is 2. The zero-order valence-corrected chi connectivity index (χ0v) is 10.9. The molecular weight excluding hydrogens is 297 g/mol. The highest BCUT2D eigenvalue weighted by atomic mass is 35.5. The van der Waals surface area contributed by atoms with Crippen molar-refractivity contribution >= 4 is 22.9 Å². The number of aromatic nitrogens is 1. The Morgan fingerprint density at radius 1 is 1.42 bits per heavy atom. The van der Waals surface area contributed by atoms with Crippen LogP contribution in [-0.2, 0) is 6.18 Å². The zero-order valence-electron chi connectivity index (χ0n) is 9.28. The second-order valence-electron chi connectivity index (χ2n) is 3.71. The van der Waals surface area contributed by atoms with Crippen molar-refractivity contribution in [2.24, 2.45) is 0 Å². The first-order valence-corrected chi connectivity index (χ1v) is 6.40. The van der Waals surface area contributed by atoms with Crippen LogP contribution in [0.25, 0.3) is 0 Å². The molecule has 2 heterocycles. The highest BCUT2D eigenvalue weighted by molar-refractivity contribution is 7.08. The predicted molar refractivity (Wildman–Crippen MR) is 66.0 cm³/mol.